The maximum atomic E-state index is 10.9. The molecule has 2 rings (SSSR count). The van der Waals surface area contributed by atoms with E-state index in [1.165, 1.54) is 7.11 Å². The molecule has 0 fully saturated rings. The fourth-order valence-electron chi connectivity index (χ4n) is 1.20. The molecule has 0 bridgehead atoms. The molecule has 0 radical (unpaired) electrons. The molecule has 0 unspecified atom stereocenters. The summed E-state index contributed by atoms with van der Waals surface area (Å²) in [4.78, 5) is 10.9. The number of fused-ring (bicyclic) bond motifs is 1. The minimum atomic E-state index is -0.540. The number of ether oxygens (including phenoxy) is 1. The molecule has 6 heteroatoms. The van der Waals surface area contributed by atoms with Gasteiger partial charge in [-0.3, -0.25) is 5.32 Å². The molecule has 1 amide bonds. The first kappa shape index (κ1) is 9.32. The molecule has 1 aromatic heterocycles. The predicted molar refractivity (Wildman–Crippen MR) is 54.4 cm³/mol. The van der Waals surface area contributed by atoms with E-state index in [9.17, 15) is 4.79 Å². The molecule has 2 aromatic rings. The van der Waals surface area contributed by atoms with Crippen LogP contribution in [0.1, 0.15) is 0 Å². The fourth-order valence-corrected chi connectivity index (χ4v) is 1.20. The third kappa shape index (κ3) is 1.69. The number of nitrogens with zero attached hydrogens (tertiary/aromatic N) is 1. The Balaban J connectivity index is 2.35. The molecular weight excluding hydrogens is 198 g/mol. The monoisotopic (exact) mass is 207 g/mol. The zero-order valence-corrected chi connectivity index (χ0v) is 7.98. The molecule has 78 valence electrons. The maximum Gasteiger partial charge on any atom is 0.411 e. The summed E-state index contributed by atoms with van der Waals surface area (Å²) in [7, 11) is 1.29. The maximum absolute atomic E-state index is 10.9. The van der Waals surface area contributed by atoms with Crippen LogP contribution < -0.4 is 11.1 Å². The van der Waals surface area contributed by atoms with Crippen LogP contribution in [-0.2, 0) is 4.74 Å². The van der Waals surface area contributed by atoms with E-state index >= 15 is 0 Å². The predicted octanol–water partition coefficient (Wildman–Crippen LogP) is 1.59. The lowest BCUT2D eigenvalue weighted by Gasteiger charge is -2.02. The van der Waals surface area contributed by atoms with Crippen LogP contribution in [0.5, 0.6) is 0 Å². The molecule has 6 nitrogen and oxygen atoms in total. The van der Waals surface area contributed by atoms with Gasteiger partial charge in [0.1, 0.15) is 0 Å². The highest BCUT2D eigenvalue weighted by atomic mass is 16.5. The number of hydrogen-bond acceptors (Lipinski definition) is 5. The second kappa shape index (κ2) is 3.49. The average molecular weight is 207 g/mol. The molecule has 0 atom stereocenters. The van der Waals surface area contributed by atoms with E-state index < -0.39 is 6.09 Å². The van der Waals surface area contributed by atoms with Crippen LogP contribution in [0, 0.1) is 0 Å². The van der Waals surface area contributed by atoms with Gasteiger partial charge in [0.05, 0.1) is 12.5 Å². The molecule has 0 aliphatic heterocycles. The molecule has 0 spiro atoms. The highest BCUT2D eigenvalue weighted by Gasteiger charge is 2.07. The Morgan fingerprint density at radius 3 is 3.13 bits per heavy atom. The summed E-state index contributed by atoms with van der Waals surface area (Å²) in [6, 6.07) is 5.02. The summed E-state index contributed by atoms with van der Waals surface area (Å²) in [6.07, 6.45) is -0.540. The van der Waals surface area contributed by atoms with Gasteiger partial charge in [-0.25, -0.2) is 4.79 Å². The number of nitrogens with two attached hydrogens (primary N) is 1. The standard InChI is InChI=1S/C9H9N3O3/c1-14-9(13)11-5-2-3-6-7(4-5)15-12-8(6)10/h2-4H,1H3,(H2,10,12)(H,11,13). The first-order valence-electron chi connectivity index (χ1n) is 4.20. The van der Waals surface area contributed by atoms with E-state index in [1.807, 2.05) is 0 Å². The fraction of sp³-hybridized carbons (Fsp3) is 0.111. The third-order valence-electron chi connectivity index (χ3n) is 1.93. The number of hydrogen-bond donors (Lipinski definition) is 2. The number of amides is 1. The van der Waals surface area contributed by atoms with Crippen LogP contribution in [-0.4, -0.2) is 18.4 Å². The minimum absolute atomic E-state index is 0.328. The number of rotatable bonds is 1. The van der Waals surface area contributed by atoms with Crippen molar-refractivity contribution in [1.82, 2.24) is 5.16 Å². The van der Waals surface area contributed by atoms with Crippen LogP contribution in [0.4, 0.5) is 16.3 Å². The van der Waals surface area contributed by atoms with E-state index in [0.717, 1.165) is 0 Å². The Morgan fingerprint density at radius 1 is 1.60 bits per heavy atom. The van der Waals surface area contributed by atoms with Gasteiger partial charge in [-0.05, 0) is 12.1 Å². The van der Waals surface area contributed by atoms with E-state index in [-0.39, 0.29) is 0 Å². The molecule has 0 aliphatic rings. The van der Waals surface area contributed by atoms with Crippen molar-refractivity contribution >= 4 is 28.6 Å². The number of anilines is 2. The zero-order valence-electron chi connectivity index (χ0n) is 7.98. The van der Waals surface area contributed by atoms with Crippen molar-refractivity contribution in [3.05, 3.63) is 18.2 Å². The van der Waals surface area contributed by atoms with Gasteiger partial charge >= 0.3 is 6.09 Å². The second-order valence-electron chi connectivity index (χ2n) is 2.90. The Hall–Kier alpha value is -2.24. The number of carbonyl (C=O) groups is 1. The van der Waals surface area contributed by atoms with Gasteiger partial charge in [0, 0.05) is 11.8 Å². The number of benzene rings is 1. The van der Waals surface area contributed by atoms with Gasteiger partial charge in [-0.2, -0.15) is 0 Å². The summed E-state index contributed by atoms with van der Waals surface area (Å²) in [5.41, 5.74) is 6.61. The van der Waals surface area contributed by atoms with E-state index in [0.29, 0.717) is 22.5 Å². The third-order valence-corrected chi connectivity index (χ3v) is 1.93. The summed E-state index contributed by atoms with van der Waals surface area (Å²) in [5.74, 6) is 0.328. The lowest BCUT2D eigenvalue weighted by atomic mass is 10.2. The summed E-state index contributed by atoms with van der Waals surface area (Å²) in [5, 5.41) is 6.81. The van der Waals surface area contributed by atoms with Crippen LogP contribution in [0.15, 0.2) is 22.7 Å². The molecule has 1 aromatic carbocycles. The molecule has 3 N–H and O–H groups in total. The van der Waals surface area contributed by atoms with Crippen molar-refractivity contribution in [1.29, 1.82) is 0 Å². The average Bonchev–Trinajstić information content (AvgIpc) is 2.60. The van der Waals surface area contributed by atoms with E-state index in [4.69, 9.17) is 10.3 Å². The van der Waals surface area contributed by atoms with Gasteiger partial charge in [-0.1, -0.05) is 5.16 Å². The molecule has 0 saturated heterocycles. The smallest absolute Gasteiger partial charge is 0.411 e. The summed E-state index contributed by atoms with van der Waals surface area (Å²) < 4.78 is 9.39. The number of aromatic nitrogens is 1. The summed E-state index contributed by atoms with van der Waals surface area (Å²) in [6.45, 7) is 0. The number of carbonyl (C=O) groups excluding carboxylic acids is 1. The van der Waals surface area contributed by atoms with Crippen molar-refractivity contribution in [3.8, 4) is 0 Å². The van der Waals surface area contributed by atoms with Crippen LogP contribution in [0.2, 0.25) is 0 Å². The molecule has 15 heavy (non-hydrogen) atoms. The highest BCUT2D eigenvalue weighted by molar-refractivity contribution is 5.92. The highest BCUT2D eigenvalue weighted by Crippen LogP contribution is 2.23. The first-order chi connectivity index (χ1) is 7.20. The first-order valence-corrected chi connectivity index (χ1v) is 4.20. The van der Waals surface area contributed by atoms with Gasteiger partial charge in [0.15, 0.2) is 11.4 Å². The number of nitrogen functional groups attached to an aromatic ring is 1. The molecule has 1 heterocycles. The van der Waals surface area contributed by atoms with Crippen molar-refractivity contribution in [3.63, 3.8) is 0 Å². The molecule has 0 saturated carbocycles. The van der Waals surface area contributed by atoms with Gasteiger partial charge < -0.3 is 15.0 Å². The van der Waals surface area contributed by atoms with E-state index in [1.54, 1.807) is 18.2 Å². The van der Waals surface area contributed by atoms with Gasteiger partial charge in [0.25, 0.3) is 0 Å². The lowest BCUT2D eigenvalue weighted by Crippen LogP contribution is -2.10. The largest absolute Gasteiger partial charge is 0.453 e. The second-order valence-corrected chi connectivity index (χ2v) is 2.90. The Labute approximate surface area is 85.0 Å². The van der Waals surface area contributed by atoms with Gasteiger partial charge in [-0.15, -0.1) is 0 Å². The quantitative estimate of drug-likeness (QED) is 0.740. The van der Waals surface area contributed by atoms with Crippen LogP contribution in [0.3, 0.4) is 0 Å². The Morgan fingerprint density at radius 2 is 2.40 bits per heavy atom. The van der Waals surface area contributed by atoms with Crippen molar-refractivity contribution in [2.45, 2.75) is 0 Å². The normalized spacial score (nSPS) is 10.2. The van der Waals surface area contributed by atoms with Crippen LogP contribution in [0.25, 0.3) is 11.0 Å². The number of methoxy groups -OCH3 is 1. The topological polar surface area (TPSA) is 90.4 Å². The van der Waals surface area contributed by atoms with Gasteiger partial charge in [0.2, 0.25) is 0 Å². The SMILES string of the molecule is COC(=O)Nc1ccc2c(N)noc2c1. The van der Waals surface area contributed by atoms with E-state index in [2.05, 4.69) is 15.2 Å². The Bertz CT molecular complexity index is 506. The van der Waals surface area contributed by atoms with Crippen molar-refractivity contribution < 1.29 is 14.1 Å². The van der Waals surface area contributed by atoms with Crippen molar-refractivity contribution in [2.75, 3.05) is 18.2 Å². The van der Waals surface area contributed by atoms with Crippen LogP contribution >= 0.6 is 0 Å². The summed E-state index contributed by atoms with van der Waals surface area (Å²) >= 11 is 0. The minimum Gasteiger partial charge on any atom is -0.453 e. The number of nitrogens with one attached hydrogen (secondary N) is 1. The zero-order chi connectivity index (χ0) is 10.8. The molecule has 0 aliphatic carbocycles. The molecular formula is C9H9N3O3. The Kier molecular flexibility index (Phi) is 2.17. The lowest BCUT2D eigenvalue weighted by molar-refractivity contribution is 0.187. The van der Waals surface area contributed by atoms with Crippen molar-refractivity contribution in [2.24, 2.45) is 0 Å².